The minimum absolute atomic E-state index is 0.396. The van der Waals surface area contributed by atoms with Crippen molar-refractivity contribution < 1.29 is 9.47 Å². The van der Waals surface area contributed by atoms with Gasteiger partial charge in [0.25, 0.3) is 0 Å². The first-order valence-corrected chi connectivity index (χ1v) is 10.3. The topological polar surface area (TPSA) is 66.9 Å². The molecular formula is C21H30N6O2. The molecule has 2 aliphatic heterocycles. The van der Waals surface area contributed by atoms with Crippen LogP contribution in [0.5, 0.6) is 5.88 Å². The van der Waals surface area contributed by atoms with E-state index in [1.54, 1.807) is 7.11 Å². The van der Waals surface area contributed by atoms with E-state index in [-0.39, 0.29) is 0 Å². The maximum Gasteiger partial charge on any atom is 0.227 e. The zero-order valence-corrected chi connectivity index (χ0v) is 17.3. The van der Waals surface area contributed by atoms with Crippen LogP contribution in [0.15, 0.2) is 30.6 Å². The lowest BCUT2D eigenvalue weighted by Gasteiger charge is -2.38. The summed E-state index contributed by atoms with van der Waals surface area (Å²) in [7, 11) is 3.77. The average molecular weight is 399 g/mol. The molecule has 0 aliphatic carbocycles. The number of nitrogens with zero attached hydrogens (tertiary/aromatic N) is 6. The number of rotatable bonds is 6. The second-order valence-corrected chi connectivity index (χ2v) is 7.66. The molecule has 4 heterocycles. The Kier molecular flexibility index (Phi) is 6.41. The van der Waals surface area contributed by atoms with Crippen LogP contribution in [0.25, 0.3) is 0 Å². The first kappa shape index (κ1) is 19.8. The van der Waals surface area contributed by atoms with Gasteiger partial charge in [-0.25, -0.2) is 9.97 Å². The van der Waals surface area contributed by atoms with Crippen LogP contribution in [0.2, 0.25) is 0 Å². The number of aromatic nitrogens is 3. The Balaban J connectivity index is 1.41. The first-order valence-electron chi connectivity index (χ1n) is 10.3. The Morgan fingerprint density at radius 2 is 2.00 bits per heavy atom. The fourth-order valence-electron chi connectivity index (χ4n) is 4.05. The third-order valence-electron chi connectivity index (χ3n) is 5.72. The van der Waals surface area contributed by atoms with Crippen molar-refractivity contribution in [3.05, 3.63) is 36.2 Å². The van der Waals surface area contributed by atoms with Crippen LogP contribution in [0, 0.1) is 0 Å². The fourth-order valence-corrected chi connectivity index (χ4v) is 4.05. The molecule has 4 rings (SSSR count). The van der Waals surface area contributed by atoms with Gasteiger partial charge in [0.1, 0.15) is 5.82 Å². The van der Waals surface area contributed by atoms with E-state index >= 15 is 0 Å². The summed E-state index contributed by atoms with van der Waals surface area (Å²) >= 11 is 0. The van der Waals surface area contributed by atoms with Gasteiger partial charge in [-0.1, -0.05) is 0 Å². The molecule has 0 amide bonds. The SMILES string of the molecule is COc1cc(CN2CCCC(N(C)c3nccc(N4CCOCC4)n3)C2)ccn1. The first-order chi connectivity index (χ1) is 14.2. The number of morpholine rings is 1. The summed E-state index contributed by atoms with van der Waals surface area (Å²) in [5.41, 5.74) is 1.23. The molecule has 156 valence electrons. The summed E-state index contributed by atoms with van der Waals surface area (Å²) in [5, 5.41) is 0. The highest BCUT2D eigenvalue weighted by atomic mass is 16.5. The van der Waals surface area contributed by atoms with Crippen molar-refractivity contribution in [2.75, 3.05) is 63.4 Å². The van der Waals surface area contributed by atoms with Crippen LogP contribution in [-0.2, 0) is 11.3 Å². The second-order valence-electron chi connectivity index (χ2n) is 7.66. The van der Waals surface area contributed by atoms with Gasteiger partial charge in [0.05, 0.1) is 20.3 Å². The molecule has 8 heteroatoms. The number of piperidine rings is 1. The van der Waals surface area contributed by atoms with Gasteiger partial charge in [-0.3, -0.25) is 4.90 Å². The Morgan fingerprint density at radius 1 is 1.17 bits per heavy atom. The Hall–Kier alpha value is -2.45. The van der Waals surface area contributed by atoms with E-state index in [0.717, 1.165) is 64.1 Å². The third kappa shape index (κ3) is 4.94. The van der Waals surface area contributed by atoms with Gasteiger partial charge in [-0.2, -0.15) is 4.98 Å². The van der Waals surface area contributed by atoms with Gasteiger partial charge in [0, 0.05) is 57.7 Å². The van der Waals surface area contributed by atoms with Crippen molar-refractivity contribution in [3.8, 4) is 5.88 Å². The van der Waals surface area contributed by atoms with Crippen molar-refractivity contribution in [1.82, 2.24) is 19.9 Å². The van der Waals surface area contributed by atoms with Gasteiger partial charge >= 0.3 is 0 Å². The highest BCUT2D eigenvalue weighted by molar-refractivity contribution is 5.44. The lowest BCUT2D eigenvalue weighted by molar-refractivity contribution is 0.122. The molecule has 0 N–H and O–H groups in total. The molecule has 2 fully saturated rings. The van der Waals surface area contributed by atoms with Crippen LogP contribution < -0.4 is 14.5 Å². The molecular weight excluding hydrogens is 368 g/mol. The van der Waals surface area contributed by atoms with E-state index < -0.39 is 0 Å². The summed E-state index contributed by atoms with van der Waals surface area (Å²) in [6.07, 6.45) is 6.00. The molecule has 2 saturated heterocycles. The van der Waals surface area contributed by atoms with Crippen LogP contribution >= 0.6 is 0 Å². The number of hydrogen-bond donors (Lipinski definition) is 0. The molecule has 29 heavy (non-hydrogen) atoms. The molecule has 2 aliphatic rings. The molecule has 0 radical (unpaired) electrons. The highest BCUT2D eigenvalue weighted by Crippen LogP contribution is 2.22. The number of ether oxygens (including phenoxy) is 2. The summed E-state index contributed by atoms with van der Waals surface area (Å²) in [4.78, 5) is 20.6. The molecule has 1 atom stereocenters. The van der Waals surface area contributed by atoms with Crippen molar-refractivity contribution in [2.45, 2.75) is 25.4 Å². The quantitative estimate of drug-likeness (QED) is 0.730. The lowest BCUT2D eigenvalue weighted by Crippen LogP contribution is -2.47. The summed E-state index contributed by atoms with van der Waals surface area (Å²) in [6.45, 7) is 6.27. The van der Waals surface area contributed by atoms with Crippen LogP contribution in [0.3, 0.4) is 0 Å². The third-order valence-corrected chi connectivity index (χ3v) is 5.72. The monoisotopic (exact) mass is 398 g/mol. The molecule has 2 aromatic rings. The molecule has 0 aromatic carbocycles. The van der Waals surface area contributed by atoms with Crippen molar-refractivity contribution in [3.63, 3.8) is 0 Å². The normalized spacial score (nSPS) is 20.5. The number of likely N-dealkylation sites (N-methyl/N-ethyl adjacent to an activating group) is 1. The molecule has 0 saturated carbocycles. The van der Waals surface area contributed by atoms with E-state index in [9.17, 15) is 0 Å². The van der Waals surface area contributed by atoms with E-state index in [1.807, 2.05) is 24.5 Å². The zero-order chi connectivity index (χ0) is 20.1. The van der Waals surface area contributed by atoms with Gasteiger partial charge < -0.3 is 19.3 Å². The lowest BCUT2D eigenvalue weighted by atomic mass is 10.0. The van der Waals surface area contributed by atoms with Crippen molar-refractivity contribution >= 4 is 11.8 Å². The summed E-state index contributed by atoms with van der Waals surface area (Å²) < 4.78 is 10.7. The Labute approximate surface area is 172 Å². The van der Waals surface area contributed by atoms with Gasteiger partial charge in [0.15, 0.2) is 0 Å². The van der Waals surface area contributed by atoms with E-state index in [0.29, 0.717) is 11.9 Å². The predicted octanol–water partition coefficient (Wildman–Crippen LogP) is 1.82. The number of likely N-dealkylation sites (tertiary alicyclic amines) is 1. The number of methoxy groups -OCH3 is 1. The van der Waals surface area contributed by atoms with E-state index in [4.69, 9.17) is 14.5 Å². The van der Waals surface area contributed by atoms with Gasteiger partial charge in [-0.15, -0.1) is 0 Å². The Morgan fingerprint density at radius 3 is 2.83 bits per heavy atom. The standard InChI is InChI=1S/C21H30N6O2/c1-25(21-23-8-6-19(24-21)27-10-12-29-13-11-27)18-4-3-9-26(16-18)15-17-5-7-22-20(14-17)28-2/h5-8,14,18H,3-4,9-13,15-16H2,1-2H3. The average Bonchev–Trinajstić information content (AvgIpc) is 2.79. The van der Waals surface area contributed by atoms with Crippen molar-refractivity contribution in [2.24, 2.45) is 0 Å². The van der Waals surface area contributed by atoms with Gasteiger partial charge in [0.2, 0.25) is 11.8 Å². The van der Waals surface area contributed by atoms with E-state index in [2.05, 4.69) is 37.8 Å². The summed E-state index contributed by atoms with van der Waals surface area (Å²) in [6, 6.07) is 6.46. The minimum Gasteiger partial charge on any atom is -0.481 e. The predicted molar refractivity (Wildman–Crippen MR) is 113 cm³/mol. The zero-order valence-electron chi connectivity index (χ0n) is 17.3. The molecule has 0 spiro atoms. The van der Waals surface area contributed by atoms with Crippen LogP contribution in [0.1, 0.15) is 18.4 Å². The van der Waals surface area contributed by atoms with E-state index in [1.165, 1.54) is 12.0 Å². The Bertz CT molecular complexity index is 798. The highest BCUT2D eigenvalue weighted by Gasteiger charge is 2.25. The number of pyridine rings is 1. The molecule has 2 aromatic heterocycles. The molecule has 0 bridgehead atoms. The second kappa shape index (κ2) is 9.37. The number of hydrogen-bond acceptors (Lipinski definition) is 8. The largest absolute Gasteiger partial charge is 0.481 e. The van der Waals surface area contributed by atoms with Crippen LogP contribution in [-0.4, -0.2) is 79.4 Å². The fraction of sp³-hybridized carbons (Fsp3) is 0.571. The molecule has 1 unspecified atom stereocenters. The molecule has 8 nitrogen and oxygen atoms in total. The van der Waals surface area contributed by atoms with Gasteiger partial charge in [-0.05, 0) is 37.1 Å². The smallest absolute Gasteiger partial charge is 0.227 e. The van der Waals surface area contributed by atoms with Crippen LogP contribution in [0.4, 0.5) is 11.8 Å². The number of anilines is 2. The maximum absolute atomic E-state index is 5.46. The van der Waals surface area contributed by atoms with Crippen molar-refractivity contribution in [1.29, 1.82) is 0 Å². The maximum atomic E-state index is 5.46. The summed E-state index contributed by atoms with van der Waals surface area (Å²) in [5.74, 6) is 2.45. The minimum atomic E-state index is 0.396.